The second-order valence-electron chi connectivity index (χ2n) is 12.5. The number of anilines is 1. The molecule has 3 aliphatic carbocycles. The van der Waals surface area contributed by atoms with Crippen LogP contribution in [0.25, 0.3) is 16.9 Å². The minimum atomic E-state index is -3.52. The normalized spacial score (nSPS) is 23.0. The zero-order valence-electron chi connectivity index (χ0n) is 27.3. The maximum Gasteiger partial charge on any atom is 0.352 e. The number of nitrogens with two attached hydrogens (primary N) is 1. The second-order valence-corrected chi connectivity index (χ2v) is 14.7. The molecule has 7 N–H and O–H groups in total. The number of hydrogen-bond donors (Lipinski definition) is 6. The summed E-state index contributed by atoms with van der Waals surface area (Å²) in [4.78, 5) is 38.5. The number of Topliss-reactive ketones (excluding diaryl/α,β-unsaturated/α-hetero) is 2. The van der Waals surface area contributed by atoms with Gasteiger partial charge in [-0.2, -0.15) is 0 Å². The number of phenolic OH excluding ortho intramolecular Hbond substituents is 1. The van der Waals surface area contributed by atoms with Crippen LogP contribution in [-0.4, -0.2) is 62.5 Å². The number of rotatable bonds is 13. The highest BCUT2D eigenvalue weighted by atomic mass is 31.2. The molecule has 12 nitrogen and oxygen atoms in total. The molecule has 0 spiro atoms. The first-order valence-electron chi connectivity index (χ1n) is 16.4. The zero-order chi connectivity index (χ0) is 35.0. The summed E-state index contributed by atoms with van der Waals surface area (Å²) in [5.74, 6) is -7.38. The number of benzene rings is 2. The van der Waals surface area contributed by atoms with Gasteiger partial charge in [-0.25, -0.2) is 0 Å². The van der Waals surface area contributed by atoms with Crippen molar-refractivity contribution in [1.29, 1.82) is 0 Å². The van der Waals surface area contributed by atoms with Gasteiger partial charge in [0.25, 0.3) is 5.91 Å². The van der Waals surface area contributed by atoms with E-state index < -0.39 is 71.8 Å². The molecule has 258 valence electrons. The molecule has 1 fully saturated rings. The molecule has 4 atom stereocenters. The Bertz CT molecular complexity index is 1740. The van der Waals surface area contributed by atoms with E-state index in [1.807, 2.05) is 24.3 Å². The van der Waals surface area contributed by atoms with Crippen molar-refractivity contribution in [3.05, 3.63) is 64.4 Å². The SMILES string of the molecule is CCCCCC(Nc1cccc(-c2ccc(O)c3c2C[C@H]2C[C@H]4CC(=O)C(C(N)=O)=C(O)[C@@]4(O)C(=O)C2=C3O)c1)P(=O)(OCC)OCC. The average molecular weight is 683 g/mol. The monoisotopic (exact) mass is 682 g/mol. The van der Waals surface area contributed by atoms with Crippen molar-refractivity contribution in [2.24, 2.45) is 17.6 Å². The zero-order valence-corrected chi connectivity index (χ0v) is 28.2. The van der Waals surface area contributed by atoms with Gasteiger partial charge in [-0.05, 0) is 73.9 Å². The van der Waals surface area contributed by atoms with Gasteiger partial charge in [0, 0.05) is 23.6 Å². The fraction of sp³-hybridized carbons (Fsp3) is 0.457. The van der Waals surface area contributed by atoms with Gasteiger partial charge in [-0.15, -0.1) is 0 Å². The van der Waals surface area contributed by atoms with Crippen molar-refractivity contribution in [3.8, 4) is 16.9 Å². The minimum Gasteiger partial charge on any atom is -0.508 e. The topological polar surface area (TPSA) is 206 Å². The number of carbonyl (C=O) groups is 3. The second kappa shape index (κ2) is 13.9. The smallest absolute Gasteiger partial charge is 0.352 e. The van der Waals surface area contributed by atoms with Gasteiger partial charge < -0.3 is 40.5 Å². The molecular weight excluding hydrogens is 639 g/mol. The van der Waals surface area contributed by atoms with Crippen molar-refractivity contribution in [2.75, 3.05) is 18.5 Å². The summed E-state index contributed by atoms with van der Waals surface area (Å²) in [6.07, 6.45) is 3.12. The van der Waals surface area contributed by atoms with Gasteiger partial charge in [0.15, 0.2) is 11.4 Å². The van der Waals surface area contributed by atoms with Crippen LogP contribution in [0.4, 0.5) is 5.69 Å². The van der Waals surface area contributed by atoms with Gasteiger partial charge in [0.2, 0.25) is 5.78 Å². The Hall–Kier alpha value is -3.96. The third-order valence-electron chi connectivity index (χ3n) is 9.53. The predicted molar refractivity (Wildman–Crippen MR) is 179 cm³/mol. The molecule has 0 aromatic heterocycles. The number of unbranched alkanes of at least 4 members (excludes halogenated alkanes) is 2. The first kappa shape index (κ1) is 35.3. The van der Waals surface area contributed by atoms with Crippen molar-refractivity contribution in [3.63, 3.8) is 0 Å². The first-order valence-corrected chi connectivity index (χ1v) is 18.0. The molecular formula is C35H43N2O10P. The summed E-state index contributed by atoms with van der Waals surface area (Å²) in [7, 11) is -3.52. The molecule has 1 saturated carbocycles. The Morgan fingerprint density at radius 3 is 2.42 bits per heavy atom. The maximum atomic E-state index is 13.8. The van der Waals surface area contributed by atoms with Gasteiger partial charge in [-0.3, -0.25) is 18.9 Å². The van der Waals surface area contributed by atoms with Gasteiger partial charge in [0.1, 0.15) is 28.6 Å². The van der Waals surface area contributed by atoms with Crippen LogP contribution in [0.1, 0.15) is 70.4 Å². The highest BCUT2D eigenvalue weighted by molar-refractivity contribution is 7.54. The van der Waals surface area contributed by atoms with E-state index in [1.165, 1.54) is 6.07 Å². The third kappa shape index (κ3) is 6.07. The summed E-state index contributed by atoms with van der Waals surface area (Å²) in [5, 5.41) is 48.1. The number of nitrogens with one attached hydrogen (secondary N) is 1. The number of primary amides is 1. The van der Waals surface area contributed by atoms with Gasteiger partial charge in [-0.1, -0.05) is 44.4 Å². The molecule has 0 saturated heterocycles. The number of carbonyl (C=O) groups excluding carboxylic acids is 3. The van der Waals surface area contributed by atoms with Crippen molar-refractivity contribution in [2.45, 2.75) is 77.1 Å². The van der Waals surface area contributed by atoms with E-state index in [0.717, 1.165) is 19.3 Å². The lowest BCUT2D eigenvalue weighted by Gasteiger charge is -2.46. The number of amides is 1. The molecule has 1 unspecified atom stereocenters. The summed E-state index contributed by atoms with van der Waals surface area (Å²) in [6.45, 7) is 6.07. The molecule has 2 aromatic carbocycles. The van der Waals surface area contributed by atoms with E-state index in [0.29, 0.717) is 28.8 Å². The Balaban J connectivity index is 1.55. The van der Waals surface area contributed by atoms with Crippen LogP contribution in [0.3, 0.4) is 0 Å². The Morgan fingerprint density at radius 1 is 1.06 bits per heavy atom. The van der Waals surface area contributed by atoms with Crippen LogP contribution in [0.15, 0.2) is 53.3 Å². The van der Waals surface area contributed by atoms with Crippen LogP contribution in [0.5, 0.6) is 5.75 Å². The fourth-order valence-corrected chi connectivity index (χ4v) is 9.30. The summed E-state index contributed by atoms with van der Waals surface area (Å²) in [6, 6.07) is 10.5. The number of phenols is 1. The van der Waals surface area contributed by atoms with Crippen molar-refractivity contribution >= 4 is 36.5 Å². The quantitative estimate of drug-likeness (QED) is 0.0862. The molecule has 13 heteroatoms. The van der Waals surface area contributed by atoms with Crippen LogP contribution in [0, 0.1) is 11.8 Å². The average Bonchev–Trinajstić information content (AvgIpc) is 3.02. The van der Waals surface area contributed by atoms with Crippen LogP contribution in [0.2, 0.25) is 0 Å². The largest absolute Gasteiger partial charge is 0.508 e. The lowest BCUT2D eigenvalue weighted by Crippen LogP contribution is -2.58. The maximum absolute atomic E-state index is 13.8. The fourth-order valence-electron chi connectivity index (χ4n) is 7.34. The van der Waals surface area contributed by atoms with Crippen LogP contribution in [-0.2, 0) is 34.4 Å². The predicted octanol–water partition coefficient (Wildman–Crippen LogP) is 5.68. The molecule has 1 amide bonds. The van der Waals surface area contributed by atoms with E-state index in [9.17, 15) is 39.4 Å². The summed E-state index contributed by atoms with van der Waals surface area (Å²) >= 11 is 0. The lowest BCUT2D eigenvalue weighted by atomic mass is 9.59. The lowest BCUT2D eigenvalue weighted by molar-refractivity contribution is -0.147. The highest BCUT2D eigenvalue weighted by Gasteiger charge is 2.60. The number of aromatic hydroxyl groups is 1. The van der Waals surface area contributed by atoms with E-state index in [4.69, 9.17) is 14.8 Å². The van der Waals surface area contributed by atoms with Crippen LogP contribution >= 0.6 is 7.60 Å². The Kier molecular flexibility index (Phi) is 10.2. The van der Waals surface area contributed by atoms with Crippen molar-refractivity contribution < 1.29 is 48.4 Å². The number of aliphatic hydroxyl groups excluding tert-OH is 2. The molecule has 3 aliphatic rings. The van der Waals surface area contributed by atoms with E-state index in [2.05, 4.69) is 12.2 Å². The summed E-state index contributed by atoms with van der Waals surface area (Å²) < 4.78 is 25.2. The molecule has 48 heavy (non-hydrogen) atoms. The van der Waals surface area contributed by atoms with E-state index >= 15 is 0 Å². The van der Waals surface area contributed by atoms with E-state index in [1.54, 1.807) is 19.9 Å². The molecule has 0 radical (unpaired) electrons. The number of fused-ring (bicyclic) bond motifs is 3. The number of aliphatic hydroxyl groups is 3. The Morgan fingerprint density at radius 2 is 1.77 bits per heavy atom. The molecule has 0 heterocycles. The van der Waals surface area contributed by atoms with Gasteiger partial charge >= 0.3 is 7.60 Å². The molecule has 5 rings (SSSR count). The third-order valence-corrected chi connectivity index (χ3v) is 11.9. The standard InChI is InChI=1S/C35H43N2O10P/c1-4-7-8-12-27(48(45,46-5-2)47-6-3)37-22-11-9-10-19(16-22)23-13-14-25(38)29-24(23)17-20-15-21-18-26(39)30(34(36)43)33(42)35(21,44)32(41)28(20)31(29)40/h9-11,13-14,16,20-21,27,37-38,40,42,44H,4-8,12,15,17-18H2,1-3H3,(H2,36,43)/t20-,21+,27?,35+/m1/s1. The van der Waals surface area contributed by atoms with Gasteiger partial charge in [0.05, 0.1) is 18.8 Å². The first-order chi connectivity index (χ1) is 22.8. The molecule has 0 bridgehead atoms. The summed E-state index contributed by atoms with van der Waals surface area (Å²) in [5.41, 5.74) is 4.19. The van der Waals surface area contributed by atoms with Crippen molar-refractivity contribution in [1.82, 2.24) is 0 Å². The Labute approximate surface area is 279 Å². The van der Waals surface area contributed by atoms with Crippen LogP contribution < -0.4 is 11.1 Å². The highest BCUT2D eigenvalue weighted by Crippen LogP contribution is 2.55. The number of hydrogen-bond acceptors (Lipinski definition) is 11. The minimum absolute atomic E-state index is 0.00706. The molecule has 2 aromatic rings. The van der Waals surface area contributed by atoms with E-state index in [-0.39, 0.29) is 42.9 Å². The molecule has 0 aliphatic heterocycles. The number of ketones is 2.